The molecule has 10 nitrogen and oxygen atoms in total. The van der Waals surface area contributed by atoms with Crippen LogP contribution in [0.1, 0.15) is 31.8 Å². The number of esters is 2. The molecule has 0 amide bonds. The van der Waals surface area contributed by atoms with Crippen LogP contribution in [-0.4, -0.2) is 26.2 Å². The minimum atomic E-state index is -0.449. The van der Waals surface area contributed by atoms with Crippen molar-refractivity contribution in [2.45, 2.75) is 13.8 Å². The van der Waals surface area contributed by atoms with Gasteiger partial charge in [-0.25, -0.2) is 9.59 Å². The summed E-state index contributed by atoms with van der Waals surface area (Å²) >= 11 is 0. The normalized spacial score (nSPS) is 10.0. The van der Waals surface area contributed by atoms with Crippen LogP contribution in [0, 0.1) is 13.8 Å². The minimum Gasteiger partial charge on any atom is -0.465 e. The molecule has 0 saturated heterocycles. The van der Waals surface area contributed by atoms with Crippen molar-refractivity contribution in [3.8, 4) is 0 Å². The van der Waals surface area contributed by atoms with Crippen molar-refractivity contribution < 1.29 is 59.9 Å². The first-order valence-corrected chi connectivity index (χ1v) is 12.1. The van der Waals surface area contributed by atoms with Gasteiger partial charge in [-0.1, -0.05) is 96.1 Å². The second kappa shape index (κ2) is 19.1. The Hall–Kier alpha value is -4.06. The number of hydrogen-bond donors (Lipinski definition) is 0. The maximum atomic E-state index is 11.6. The molecule has 0 heterocycles. The van der Waals surface area contributed by atoms with E-state index in [4.69, 9.17) is 0 Å². The Kier molecular flexibility index (Phi) is 16.4. The Balaban J connectivity index is 0.000000401. The largest absolute Gasteiger partial charge is 0.465 e. The first-order chi connectivity index (χ1) is 19.4. The van der Waals surface area contributed by atoms with Crippen LogP contribution in [0.3, 0.4) is 0 Å². The second-order valence-electron chi connectivity index (χ2n) is 8.27. The number of nitrogens with zero attached hydrogens (tertiary/aromatic N) is 6. The van der Waals surface area contributed by atoms with Gasteiger partial charge in [0.15, 0.2) is 0 Å². The summed E-state index contributed by atoms with van der Waals surface area (Å²) in [5, 5.41) is 15.5. The molecule has 42 heavy (non-hydrogen) atoms. The van der Waals surface area contributed by atoms with Crippen LogP contribution < -0.4 is 0 Å². The van der Waals surface area contributed by atoms with Crippen molar-refractivity contribution >= 4 is 34.7 Å². The summed E-state index contributed by atoms with van der Waals surface area (Å²) < 4.78 is 9.37. The maximum absolute atomic E-state index is 11.6. The fourth-order valence-electron chi connectivity index (χ4n) is 3.15. The third kappa shape index (κ3) is 11.4. The molecule has 0 atom stereocenters. The molecule has 4 aromatic carbocycles. The molecule has 0 saturated carbocycles. The Morgan fingerprint density at radius 3 is 1.21 bits per heavy atom. The minimum absolute atomic E-state index is 0. The zero-order chi connectivity index (χ0) is 28.7. The molecule has 0 aliphatic heterocycles. The van der Waals surface area contributed by atoms with E-state index in [1.165, 1.54) is 14.2 Å². The molecule has 4 aromatic rings. The molecule has 0 spiro atoms. The van der Waals surface area contributed by atoms with Crippen LogP contribution in [-0.2, 0) is 50.3 Å². The van der Waals surface area contributed by atoms with Crippen molar-refractivity contribution in [2.75, 3.05) is 14.2 Å². The molecule has 0 aromatic heterocycles. The van der Waals surface area contributed by atoms with Crippen LogP contribution in [0.4, 0.5) is 22.7 Å². The van der Waals surface area contributed by atoms with Gasteiger partial charge in [-0.3, -0.25) is 10.4 Å². The van der Waals surface area contributed by atoms with E-state index in [-0.39, 0.29) is 40.8 Å². The van der Waals surface area contributed by atoms with Crippen molar-refractivity contribution in [1.82, 2.24) is 0 Å². The van der Waals surface area contributed by atoms with Gasteiger partial charge < -0.3 is 30.6 Å². The number of aryl methyl sites for hydroxylation is 2. The molecule has 0 bridgehead atoms. The zero-order valence-electron chi connectivity index (χ0n) is 23.2. The average Bonchev–Trinajstić information content (AvgIpc) is 2.99. The number of carbonyl (C=O) groups is 2. The molecule has 224 valence electrons. The summed E-state index contributed by atoms with van der Waals surface area (Å²) in [6.45, 7) is 4.00. The van der Waals surface area contributed by atoms with Crippen LogP contribution in [0.15, 0.2) is 118 Å². The van der Waals surface area contributed by atoms with Gasteiger partial charge >= 0.3 is 11.9 Å². The van der Waals surface area contributed by atoms with Gasteiger partial charge in [0.05, 0.1) is 25.3 Å². The van der Waals surface area contributed by atoms with E-state index in [0.29, 0.717) is 33.9 Å². The van der Waals surface area contributed by atoms with Gasteiger partial charge in [0.25, 0.3) is 0 Å². The Morgan fingerprint density at radius 1 is 0.548 bits per heavy atom. The van der Waals surface area contributed by atoms with Crippen molar-refractivity contribution in [3.05, 3.63) is 130 Å². The van der Waals surface area contributed by atoms with Crippen molar-refractivity contribution in [1.29, 1.82) is 0 Å². The molecule has 4 rings (SSSR count). The number of hydrogen-bond acceptors (Lipinski definition) is 8. The zero-order valence-corrected chi connectivity index (χ0v) is 26.3. The smallest absolute Gasteiger partial charge is 0.338 e. The van der Waals surface area contributed by atoms with E-state index in [2.05, 4.69) is 41.0 Å². The standard InChI is InChI=1S/2C15H15N3O2.2Pd/c2*1-11-7-9-12(10-8-11)16-18-17-14-6-4-3-5-13(14)15(19)20-2;;/h2*3-10H,1-2H3,(H,16,17,19);;/p-2. The Morgan fingerprint density at radius 2 is 0.881 bits per heavy atom. The van der Waals surface area contributed by atoms with Crippen molar-refractivity contribution in [3.63, 3.8) is 0 Å². The predicted octanol–water partition coefficient (Wildman–Crippen LogP) is 8.97. The fraction of sp³-hybridized carbons (Fsp3) is 0.133. The van der Waals surface area contributed by atoms with E-state index in [0.717, 1.165) is 11.1 Å². The monoisotopic (exact) mass is 748 g/mol. The summed E-state index contributed by atoms with van der Waals surface area (Å²) in [7, 11) is 2.65. The Bertz CT molecular complexity index is 1370. The summed E-state index contributed by atoms with van der Waals surface area (Å²) in [6, 6.07) is 28.8. The first-order valence-electron chi connectivity index (χ1n) is 12.1. The molecule has 0 unspecified atom stereocenters. The molecular formula is C30H28N6O4Pd2-2. The summed E-state index contributed by atoms with van der Waals surface area (Å²) in [5.41, 5.74) is 13.2. The van der Waals surface area contributed by atoms with Gasteiger partial charge in [0.1, 0.15) is 0 Å². The predicted molar refractivity (Wildman–Crippen MR) is 153 cm³/mol. The van der Waals surface area contributed by atoms with Crippen molar-refractivity contribution in [2.24, 2.45) is 20.7 Å². The van der Waals surface area contributed by atoms with E-state index in [1.54, 1.807) is 48.5 Å². The van der Waals surface area contributed by atoms with E-state index in [1.807, 2.05) is 62.4 Å². The third-order valence-electron chi connectivity index (χ3n) is 5.31. The van der Waals surface area contributed by atoms with Crippen LogP contribution in [0.5, 0.6) is 0 Å². The van der Waals surface area contributed by atoms with Gasteiger partial charge in [0.2, 0.25) is 0 Å². The summed E-state index contributed by atoms with van der Waals surface area (Å²) in [6.07, 6.45) is 0. The number of ether oxygens (including phenoxy) is 2. The SMILES string of the molecule is COC(=O)c1ccccc1[N-]N=Nc1ccc(C)cc1.COC(=O)c1ccccc1[N-]N=Nc1ccc(C)cc1.[Pd].[Pd]. The van der Waals surface area contributed by atoms with Gasteiger partial charge in [-0.2, -0.15) is 0 Å². The summed E-state index contributed by atoms with van der Waals surface area (Å²) in [4.78, 5) is 23.1. The topological polar surface area (TPSA) is 130 Å². The van der Waals surface area contributed by atoms with E-state index in [9.17, 15) is 9.59 Å². The number of carbonyl (C=O) groups excluding carboxylic acids is 2. The van der Waals surface area contributed by atoms with Gasteiger partial charge in [0, 0.05) is 40.8 Å². The maximum Gasteiger partial charge on any atom is 0.338 e. The molecule has 0 fully saturated rings. The Labute approximate surface area is 272 Å². The number of rotatable bonds is 8. The van der Waals surface area contributed by atoms with Crippen LogP contribution in [0.2, 0.25) is 0 Å². The molecule has 0 aliphatic carbocycles. The molecular weight excluding hydrogens is 721 g/mol. The quantitative estimate of drug-likeness (QED) is 0.0771. The average molecular weight is 749 g/mol. The molecule has 12 heteroatoms. The van der Waals surface area contributed by atoms with Gasteiger partial charge in [-0.05, 0) is 48.7 Å². The van der Waals surface area contributed by atoms with E-state index < -0.39 is 11.9 Å². The van der Waals surface area contributed by atoms with Crippen LogP contribution >= 0.6 is 0 Å². The fourth-order valence-corrected chi connectivity index (χ4v) is 3.15. The third-order valence-corrected chi connectivity index (χ3v) is 5.31. The number of benzene rings is 4. The molecule has 0 N–H and O–H groups in total. The summed E-state index contributed by atoms with van der Waals surface area (Å²) in [5.74, 6) is -0.898. The van der Waals surface area contributed by atoms with Crippen LogP contribution in [0.25, 0.3) is 10.9 Å². The molecule has 0 aliphatic rings. The number of methoxy groups -OCH3 is 2. The first kappa shape index (κ1) is 36.0. The van der Waals surface area contributed by atoms with Gasteiger partial charge in [-0.15, -0.1) is 0 Å². The van der Waals surface area contributed by atoms with E-state index >= 15 is 0 Å². The second-order valence-corrected chi connectivity index (χ2v) is 8.27. The molecule has 0 radical (unpaired) electrons.